The van der Waals surface area contributed by atoms with E-state index in [1.54, 1.807) is 30.0 Å². The second-order valence-electron chi connectivity index (χ2n) is 4.36. The number of rotatable bonds is 4. The fraction of sp³-hybridized carbons (Fsp3) is 0.0667. The fourth-order valence-electron chi connectivity index (χ4n) is 1.79. The van der Waals surface area contributed by atoms with Crippen molar-refractivity contribution in [3.05, 3.63) is 59.4 Å². The molecule has 0 fully saturated rings. The van der Waals surface area contributed by atoms with Crippen LogP contribution >= 0.6 is 23.4 Å². The predicted molar refractivity (Wildman–Crippen MR) is 85.2 cm³/mol. The molecule has 4 nitrogen and oxygen atoms in total. The number of nitrogens with zero attached hydrogens (tertiary/aromatic N) is 2. The van der Waals surface area contributed by atoms with Gasteiger partial charge in [-0.2, -0.15) is 4.98 Å². The second-order valence-corrected chi connectivity index (χ2v) is 5.81. The molecule has 0 aliphatic heterocycles. The van der Waals surface area contributed by atoms with Crippen LogP contribution < -0.4 is 5.73 Å². The van der Waals surface area contributed by atoms with Crippen LogP contribution in [0.25, 0.3) is 11.5 Å². The van der Waals surface area contributed by atoms with Gasteiger partial charge >= 0.3 is 0 Å². The Morgan fingerprint density at radius 3 is 2.76 bits per heavy atom. The SMILES string of the molecule is Nc1ccc(Cl)c(-c2nc(CSc3ccccc3)no2)c1. The lowest BCUT2D eigenvalue weighted by Crippen LogP contribution is -1.88. The monoisotopic (exact) mass is 317 g/mol. The van der Waals surface area contributed by atoms with Crippen molar-refractivity contribution < 1.29 is 4.52 Å². The van der Waals surface area contributed by atoms with Gasteiger partial charge in [-0.05, 0) is 30.3 Å². The van der Waals surface area contributed by atoms with Crippen LogP contribution in [0.3, 0.4) is 0 Å². The van der Waals surface area contributed by atoms with Crippen LogP contribution in [0.4, 0.5) is 5.69 Å². The van der Waals surface area contributed by atoms with Crippen molar-refractivity contribution in [1.29, 1.82) is 0 Å². The molecule has 1 heterocycles. The van der Waals surface area contributed by atoms with Gasteiger partial charge in [-0.3, -0.25) is 0 Å². The number of nitrogen functional groups attached to an aromatic ring is 1. The molecule has 2 aromatic carbocycles. The third-order valence-corrected chi connectivity index (χ3v) is 4.14. The normalized spacial score (nSPS) is 10.7. The quantitative estimate of drug-likeness (QED) is 0.575. The lowest BCUT2D eigenvalue weighted by Gasteiger charge is -1.99. The fourth-order valence-corrected chi connectivity index (χ4v) is 2.75. The first-order chi connectivity index (χ1) is 10.2. The van der Waals surface area contributed by atoms with E-state index < -0.39 is 0 Å². The first-order valence-electron chi connectivity index (χ1n) is 6.28. The highest BCUT2D eigenvalue weighted by Gasteiger charge is 2.12. The number of benzene rings is 2. The maximum absolute atomic E-state index is 6.12. The molecule has 1 aromatic heterocycles. The molecule has 0 unspecified atom stereocenters. The average molecular weight is 318 g/mol. The first kappa shape index (κ1) is 14.0. The molecule has 0 saturated heterocycles. The van der Waals surface area contributed by atoms with E-state index in [9.17, 15) is 0 Å². The predicted octanol–water partition coefficient (Wildman–Crippen LogP) is 4.26. The van der Waals surface area contributed by atoms with Gasteiger partial charge in [0.25, 0.3) is 5.89 Å². The number of anilines is 1. The lowest BCUT2D eigenvalue weighted by molar-refractivity contribution is 0.425. The Morgan fingerprint density at radius 2 is 1.95 bits per heavy atom. The molecule has 0 atom stereocenters. The molecule has 0 aliphatic carbocycles. The molecular formula is C15H12ClN3OS. The summed E-state index contributed by atoms with van der Waals surface area (Å²) in [7, 11) is 0. The van der Waals surface area contributed by atoms with E-state index in [0.717, 1.165) is 4.90 Å². The van der Waals surface area contributed by atoms with Gasteiger partial charge in [-0.1, -0.05) is 35.0 Å². The molecular weight excluding hydrogens is 306 g/mol. The van der Waals surface area contributed by atoms with E-state index in [2.05, 4.69) is 10.1 Å². The lowest BCUT2D eigenvalue weighted by atomic mass is 10.2. The van der Waals surface area contributed by atoms with Gasteiger partial charge in [0.2, 0.25) is 0 Å². The van der Waals surface area contributed by atoms with Crippen LogP contribution in [-0.4, -0.2) is 10.1 Å². The number of thioether (sulfide) groups is 1. The Morgan fingerprint density at radius 1 is 1.14 bits per heavy atom. The summed E-state index contributed by atoms with van der Waals surface area (Å²) in [5, 5.41) is 4.51. The molecule has 0 radical (unpaired) electrons. The van der Waals surface area contributed by atoms with E-state index >= 15 is 0 Å². The van der Waals surface area contributed by atoms with Crippen LogP contribution in [-0.2, 0) is 5.75 Å². The molecule has 0 saturated carbocycles. The molecule has 21 heavy (non-hydrogen) atoms. The van der Waals surface area contributed by atoms with Gasteiger partial charge < -0.3 is 10.3 Å². The average Bonchev–Trinajstić information content (AvgIpc) is 2.97. The summed E-state index contributed by atoms with van der Waals surface area (Å²) < 4.78 is 5.26. The molecule has 2 N–H and O–H groups in total. The minimum Gasteiger partial charge on any atom is -0.399 e. The molecule has 6 heteroatoms. The highest BCUT2D eigenvalue weighted by molar-refractivity contribution is 7.98. The molecule has 0 bridgehead atoms. The number of hydrogen-bond donors (Lipinski definition) is 1. The number of aromatic nitrogens is 2. The minimum absolute atomic E-state index is 0.385. The number of hydrogen-bond acceptors (Lipinski definition) is 5. The summed E-state index contributed by atoms with van der Waals surface area (Å²) in [5.41, 5.74) is 7.01. The van der Waals surface area contributed by atoms with Crippen molar-refractivity contribution in [3.63, 3.8) is 0 Å². The second kappa shape index (κ2) is 6.20. The topological polar surface area (TPSA) is 64.9 Å². The van der Waals surface area contributed by atoms with E-state index in [-0.39, 0.29) is 0 Å². The van der Waals surface area contributed by atoms with Crippen LogP contribution in [0.1, 0.15) is 5.82 Å². The van der Waals surface area contributed by atoms with Crippen molar-refractivity contribution in [2.24, 2.45) is 0 Å². The highest BCUT2D eigenvalue weighted by atomic mass is 35.5. The maximum atomic E-state index is 6.12. The number of nitrogens with two attached hydrogens (primary N) is 1. The van der Waals surface area contributed by atoms with Gasteiger partial charge in [-0.15, -0.1) is 11.8 Å². The van der Waals surface area contributed by atoms with Crippen molar-refractivity contribution >= 4 is 29.1 Å². The molecule has 0 aliphatic rings. The van der Waals surface area contributed by atoms with Crippen molar-refractivity contribution in [3.8, 4) is 11.5 Å². The van der Waals surface area contributed by atoms with Crippen LogP contribution in [0, 0.1) is 0 Å². The Hall–Kier alpha value is -1.98. The van der Waals surface area contributed by atoms with Crippen molar-refractivity contribution in [2.45, 2.75) is 10.6 Å². The van der Waals surface area contributed by atoms with Gasteiger partial charge in [0.1, 0.15) is 0 Å². The zero-order valence-electron chi connectivity index (χ0n) is 11.0. The minimum atomic E-state index is 0.385. The van der Waals surface area contributed by atoms with Gasteiger partial charge in [0.15, 0.2) is 5.82 Å². The Balaban J connectivity index is 1.76. The summed E-state index contributed by atoms with van der Waals surface area (Å²) in [5.74, 6) is 1.64. The van der Waals surface area contributed by atoms with Crippen LogP contribution in [0.2, 0.25) is 5.02 Å². The van der Waals surface area contributed by atoms with E-state index in [1.807, 2.05) is 30.3 Å². The van der Waals surface area contributed by atoms with Crippen LogP contribution in [0.15, 0.2) is 57.9 Å². The molecule has 0 amide bonds. The van der Waals surface area contributed by atoms with Crippen molar-refractivity contribution in [2.75, 3.05) is 5.73 Å². The third-order valence-electron chi connectivity index (χ3n) is 2.80. The van der Waals surface area contributed by atoms with Gasteiger partial charge in [0.05, 0.1) is 16.3 Å². The van der Waals surface area contributed by atoms with E-state index in [4.69, 9.17) is 21.9 Å². The summed E-state index contributed by atoms with van der Waals surface area (Å²) in [4.78, 5) is 5.52. The summed E-state index contributed by atoms with van der Waals surface area (Å²) in [6.45, 7) is 0. The summed E-state index contributed by atoms with van der Waals surface area (Å²) in [6, 6.07) is 15.2. The molecule has 0 spiro atoms. The zero-order chi connectivity index (χ0) is 14.7. The standard InChI is InChI=1S/C15H12ClN3OS/c16-13-7-6-10(17)8-12(13)15-18-14(19-20-15)9-21-11-4-2-1-3-5-11/h1-8H,9,17H2. The first-order valence-corrected chi connectivity index (χ1v) is 7.64. The summed E-state index contributed by atoms with van der Waals surface area (Å²) >= 11 is 7.77. The zero-order valence-corrected chi connectivity index (χ0v) is 12.6. The molecule has 3 aromatic rings. The number of halogens is 1. The van der Waals surface area contributed by atoms with E-state index in [0.29, 0.717) is 33.7 Å². The maximum Gasteiger partial charge on any atom is 0.259 e. The van der Waals surface area contributed by atoms with Crippen molar-refractivity contribution in [1.82, 2.24) is 10.1 Å². The summed E-state index contributed by atoms with van der Waals surface area (Å²) in [6.07, 6.45) is 0. The Kier molecular flexibility index (Phi) is 4.13. The Bertz CT molecular complexity index is 746. The molecule has 3 rings (SSSR count). The van der Waals surface area contributed by atoms with Crippen LogP contribution in [0.5, 0.6) is 0 Å². The largest absolute Gasteiger partial charge is 0.399 e. The smallest absolute Gasteiger partial charge is 0.259 e. The van der Waals surface area contributed by atoms with Gasteiger partial charge in [0, 0.05) is 10.6 Å². The van der Waals surface area contributed by atoms with E-state index in [1.165, 1.54) is 0 Å². The Labute approximate surface area is 131 Å². The third kappa shape index (κ3) is 3.37. The highest BCUT2D eigenvalue weighted by Crippen LogP contribution is 2.29. The molecule has 106 valence electrons. The van der Waals surface area contributed by atoms with Gasteiger partial charge in [-0.25, -0.2) is 0 Å².